The maximum absolute atomic E-state index is 12.3. The summed E-state index contributed by atoms with van der Waals surface area (Å²) in [5, 5.41) is 21.8. The topological polar surface area (TPSA) is 101 Å². The summed E-state index contributed by atoms with van der Waals surface area (Å²) >= 11 is 2.46. The van der Waals surface area contributed by atoms with Crippen molar-refractivity contribution in [2.75, 3.05) is 12.4 Å². The Kier molecular flexibility index (Phi) is 5.55. The molecule has 0 fully saturated rings. The number of hydrogen-bond acceptors (Lipinski definition) is 8. The molecule has 132 valence electrons. The highest BCUT2D eigenvalue weighted by Crippen LogP contribution is 2.29. The van der Waals surface area contributed by atoms with Gasteiger partial charge in [-0.1, -0.05) is 11.8 Å². The normalized spacial score (nSPS) is 11.6. The Morgan fingerprint density at radius 1 is 1.35 bits per heavy atom. The van der Waals surface area contributed by atoms with E-state index in [1.807, 2.05) is 18.2 Å². The van der Waals surface area contributed by atoms with Crippen LogP contribution in [-0.2, 0) is 4.79 Å². The summed E-state index contributed by atoms with van der Waals surface area (Å²) in [7, 11) is 1.60. The summed E-state index contributed by atoms with van der Waals surface area (Å²) in [6.45, 7) is 1.73. The number of nitriles is 1. The Bertz CT molecular complexity index is 944. The van der Waals surface area contributed by atoms with Gasteiger partial charge in [0.15, 0.2) is 0 Å². The average Bonchev–Trinajstić information content (AvgIpc) is 3.31. The number of thioether (sulfide) groups is 1. The summed E-state index contributed by atoms with van der Waals surface area (Å²) in [6.07, 6.45) is 0. The van der Waals surface area contributed by atoms with Crippen molar-refractivity contribution < 1.29 is 13.9 Å². The van der Waals surface area contributed by atoms with Gasteiger partial charge in [0.25, 0.3) is 5.22 Å². The number of aromatic nitrogens is 2. The van der Waals surface area contributed by atoms with E-state index in [-0.39, 0.29) is 5.91 Å². The van der Waals surface area contributed by atoms with Crippen LogP contribution >= 0.6 is 23.1 Å². The zero-order chi connectivity index (χ0) is 18.5. The fourth-order valence-corrected chi connectivity index (χ4v) is 3.44. The number of hydrogen-bond donors (Lipinski definition) is 1. The molecule has 1 aromatic carbocycles. The van der Waals surface area contributed by atoms with Gasteiger partial charge in [-0.25, -0.2) is 0 Å². The van der Waals surface area contributed by atoms with Crippen LogP contribution in [-0.4, -0.2) is 28.5 Å². The second-order valence-electron chi connectivity index (χ2n) is 5.13. The van der Waals surface area contributed by atoms with E-state index in [4.69, 9.17) is 14.4 Å². The minimum Gasteiger partial charge on any atom is -0.497 e. The number of nitrogens with zero attached hydrogens (tertiary/aromatic N) is 3. The standard InChI is InChI=1S/C17H14N4O3S2/c1-10(14(22)19-16-12(9-18)7-8-25-16)26-17-21-20-15(24-17)11-3-5-13(23-2)6-4-11/h3-8,10H,1-2H3,(H,19,22)/t10-/m0/s1. The van der Waals surface area contributed by atoms with Crippen molar-refractivity contribution >= 4 is 34.0 Å². The molecule has 0 bridgehead atoms. The van der Waals surface area contributed by atoms with Gasteiger partial charge in [0, 0.05) is 5.56 Å². The van der Waals surface area contributed by atoms with Crippen LogP contribution in [0.25, 0.3) is 11.5 Å². The van der Waals surface area contributed by atoms with Crippen LogP contribution in [0.1, 0.15) is 12.5 Å². The van der Waals surface area contributed by atoms with Crippen LogP contribution in [0.4, 0.5) is 5.00 Å². The lowest BCUT2D eigenvalue weighted by atomic mass is 10.2. The number of anilines is 1. The van der Waals surface area contributed by atoms with Gasteiger partial charge >= 0.3 is 0 Å². The van der Waals surface area contributed by atoms with E-state index >= 15 is 0 Å². The van der Waals surface area contributed by atoms with Crippen molar-refractivity contribution in [3.63, 3.8) is 0 Å². The van der Waals surface area contributed by atoms with Crippen molar-refractivity contribution in [3.05, 3.63) is 41.3 Å². The van der Waals surface area contributed by atoms with E-state index in [0.29, 0.717) is 21.7 Å². The molecule has 3 aromatic rings. The first-order valence-electron chi connectivity index (χ1n) is 7.53. The number of benzene rings is 1. The van der Waals surface area contributed by atoms with Crippen molar-refractivity contribution in [1.29, 1.82) is 5.26 Å². The lowest BCUT2D eigenvalue weighted by Crippen LogP contribution is -2.22. The number of carbonyl (C=O) groups excluding carboxylic acids is 1. The summed E-state index contributed by atoms with van der Waals surface area (Å²) < 4.78 is 10.7. The first-order valence-corrected chi connectivity index (χ1v) is 9.29. The molecule has 1 N–H and O–H groups in total. The average molecular weight is 386 g/mol. The number of methoxy groups -OCH3 is 1. The summed E-state index contributed by atoms with van der Waals surface area (Å²) in [4.78, 5) is 12.3. The molecule has 0 saturated carbocycles. The van der Waals surface area contributed by atoms with E-state index in [1.165, 1.54) is 11.3 Å². The first-order chi connectivity index (χ1) is 12.6. The van der Waals surface area contributed by atoms with Crippen LogP contribution in [0.5, 0.6) is 5.75 Å². The number of nitrogens with one attached hydrogen (secondary N) is 1. The minimum absolute atomic E-state index is 0.238. The zero-order valence-electron chi connectivity index (χ0n) is 13.9. The molecule has 2 heterocycles. The van der Waals surface area contributed by atoms with Crippen LogP contribution < -0.4 is 10.1 Å². The second-order valence-corrected chi connectivity index (χ2v) is 7.33. The van der Waals surface area contributed by atoms with E-state index in [9.17, 15) is 4.79 Å². The van der Waals surface area contributed by atoms with Gasteiger partial charge in [-0.05, 0) is 42.6 Å². The number of rotatable bonds is 6. The van der Waals surface area contributed by atoms with Crippen LogP contribution in [0.15, 0.2) is 45.4 Å². The molecule has 0 aliphatic rings. The van der Waals surface area contributed by atoms with Crippen molar-refractivity contribution in [2.24, 2.45) is 0 Å². The molecule has 2 aromatic heterocycles. The third kappa shape index (κ3) is 4.04. The van der Waals surface area contributed by atoms with E-state index in [0.717, 1.165) is 23.1 Å². The maximum atomic E-state index is 12.3. The predicted octanol–water partition coefficient (Wildman–Crippen LogP) is 3.80. The number of ether oxygens (including phenoxy) is 1. The van der Waals surface area contributed by atoms with Crippen LogP contribution in [0.2, 0.25) is 0 Å². The van der Waals surface area contributed by atoms with Gasteiger partial charge in [-0.3, -0.25) is 4.79 Å². The predicted molar refractivity (Wildman–Crippen MR) is 99.3 cm³/mol. The highest BCUT2D eigenvalue weighted by atomic mass is 32.2. The number of amides is 1. The molecule has 26 heavy (non-hydrogen) atoms. The quantitative estimate of drug-likeness (QED) is 0.643. The molecule has 0 aliphatic heterocycles. The molecule has 9 heteroatoms. The Hall–Kier alpha value is -2.83. The van der Waals surface area contributed by atoms with Crippen molar-refractivity contribution in [2.45, 2.75) is 17.4 Å². The van der Waals surface area contributed by atoms with E-state index in [1.54, 1.807) is 37.6 Å². The number of thiophene rings is 1. The summed E-state index contributed by atoms with van der Waals surface area (Å²) in [5.74, 6) is 0.865. The molecule has 0 aliphatic carbocycles. The zero-order valence-corrected chi connectivity index (χ0v) is 15.6. The molecule has 0 saturated heterocycles. The van der Waals surface area contributed by atoms with Crippen LogP contribution in [0.3, 0.4) is 0 Å². The Morgan fingerprint density at radius 2 is 2.12 bits per heavy atom. The molecular formula is C17H14N4O3S2. The summed E-state index contributed by atoms with van der Waals surface area (Å²) in [5.41, 5.74) is 1.21. The summed E-state index contributed by atoms with van der Waals surface area (Å²) in [6, 6.07) is 10.9. The largest absolute Gasteiger partial charge is 0.497 e. The molecule has 0 unspecified atom stereocenters. The van der Waals surface area contributed by atoms with Gasteiger partial charge in [-0.2, -0.15) is 5.26 Å². The molecule has 7 nitrogen and oxygen atoms in total. The maximum Gasteiger partial charge on any atom is 0.277 e. The Balaban J connectivity index is 1.64. The Morgan fingerprint density at radius 3 is 2.81 bits per heavy atom. The molecule has 1 atom stereocenters. The lowest BCUT2D eigenvalue weighted by Gasteiger charge is -2.08. The van der Waals surface area contributed by atoms with Gasteiger partial charge in [-0.15, -0.1) is 21.5 Å². The van der Waals surface area contributed by atoms with Gasteiger partial charge in [0.2, 0.25) is 11.8 Å². The molecule has 0 spiro atoms. The fraction of sp³-hybridized carbons (Fsp3) is 0.176. The highest BCUT2D eigenvalue weighted by Gasteiger charge is 2.20. The minimum atomic E-state index is -0.465. The Labute approximate surface area is 158 Å². The SMILES string of the molecule is COc1ccc(-c2nnc(S[C@@H](C)C(=O)Nc3sccc3C#N)o2)cc1. The van der Waals surface area contributed by atoms with Crippen LogP contribution in [0, 0.1) is 11.3 Å². The fourth-order valence-electron chi connectivity index (χ4n) is 2.02. The monoisotopic (exact) mass is 386 g/mol. The van der Waals surface area contributed by atoms with Crippen molar-refractivity contribution in [3.8, 4) is 23.3 Å². The molecule has 1 amide bonds. The van der Waals surface area contributed by atoms with Gasteiger partial charge in [0.1, 0.15) is 16.8 Å². The number of carbonyl (C=O) groups is 1. The second kappa shape index (κ2) is 8.03. The first kappa shape index (κ1) is 18.0. The molecular weight excluding hydrogens is 372 g/mol. The molecule has 0 radical (unpaired) electrons. The lowest BCUT2D eigenvalue weighted by molar-refractivity contribution is -0.115. The third-order valence-electron chi connectivity index (χ3n) is 3.41. The smallest absolute Gasteiger partial charge is 0.277 e. The van der Waals surface area contributed by atoms with Gasteiger partial charge < -0.3 is 14.5 Å². The third-order valence-corrected chi connectivity index (χ3v) is 5.18. The van der Waals surface area contributed by atoms with Crippen molar-refractivity contribution in [1.82, 2.24) is 10.2 Å². The van der Waals surface area contributed by atoms with E-state index < -0.39 is 5.25 Å². The molecule has 3 rings (SSSR count). The van der Waals surface area contributed by atoms with Gasteiger partial charge in [0.05, 0.1) is 17.9 Å². The van der Waals surface area contributed by atoms with E-state index in [2.05, 4.69) is 15.5 Å². The highest BCUT2D eigenvalue weighted by molar-refractivity contribution is 8.00.